The SMILES string of the molecule is NC[C@@H]1C[C@H]1c1ccc(OC(F)F)cc1. The van der Waals surface area contributed by atoms with E-state index < -0.39 is 6.61 Å². The molecule has 0 radical (unpaired) electrons. The second kappa shape index (κ2) is 4.14. The maximum atomic E-state index is 11.9. The summed E-state index contributed by atoms with van der Waals surface area (Å²) in [5.41, 5.74) is 6.69. The summed E-state index contributed by atoms with van der Waals surface area (Å²) in [6.07, 6.45) is 1.10. The van der Waals surface area contributed by atoms with Crippen molar-refractivity contribution in [1.82, 2.24) is 0 Å². The molecule has 4 heteroatoms. The van der Waals surface area contributed by atoms with Crippen LogP contribution in [0.3, 0.4) is 0 Å². The van der Waals surface area contributed by atoms with Crippen LogP contribution in [0, 0.1) is 5.92 Å². The molecular formula is C11H13F2NO. The normalized spacial score (nSPS) is 24.3. The molecule has 1 aromatic carbocycles. The highest BCUT2D eigenvalue weighted by atomic mass is 19.3. The number of hydrogen-bond acceptors (Lipinski definition) is 2. The summed E-state index contributed by atoms with van der Waals surface area (Å²) in [5, 5.41) is 0. The Bertz CT molecular complexity index is 326. The van der Waals surface area contributed by atoms with Crippen molar-refractivity contribution < 1.29 is 13.5 Å². The first-order valence-corrected chi connectivity index (χ1v) is 4.95. The summed E-state index contributed by atoms with van der Waals surface area (Å²) in [5.74, 6) is 1.28. The smallest absolute Gasteiger partial charge is 0.387 e. The van der Waals surface area contributed by atoms with Crippen molar-refractivity contribution in [3.8, 4) is 5.75 Å². The largest absolute Gasteiger partial charge is 0.435 e. The zero-order chi connectivity index (χ0) is 10.8. The van der Waals surface area contributed by atoms with Gasteiger partial charge in [-0.1, -0.05) is 12.1 Å². The Hall–Kier alpha value is -1.16. The van der Waals surface area contributed by atoms with E-state index in [1.807, 2.05) is 12.1 Å². The zero-order valence-corrected chi connectivity index (χ0v) is 8.20. The van der Waals surface area contributed by atoms with Crippen LogP contribution in [0.4, 0.5) is 8.78 Å². The molecule has 0 bridgehead atoms. The molecule has 82 valence electrons. The molecule has 15 heavy (non-hydrogen) atoms. The minimum absolute atomic E-state index is 0.207. The molecule has 1 fully saturated rings. The van der Waals surface area contributed by atoms with Crippen LogP contribution in [-0.4, -0.2) is 13.2 Å². The molecule has 0 saturated heterocycles. The number of ether oxygens (including phenoxy) is 1. The summed E-state index contributed by atoms with van der Waals surface area (Å²) in [7, 11) is 0. The Kier molecular flexibility index (Phi) is 2.86. The van der Waals surface area contributed by atoms with Gasteiger partial charge in [0, 0.05) is 0 Å². The zero-order valence-electron chi connectivity index (χ0n) is 8.20. The first kappa shape index (κ1) is 10.4. The summed E-state index contributed by atoms with van der Waals surface area (Å²) in [6.45, 7) is -2.06. The summed E-state index contributed by atoms with van der Waals surface area (Å²) >= 11 is 0. The number of rotatable bonds is 4. The molecular weight excluding hydrogens is 200 g/mol. The van der Waals surface area contributed by atoms with Gasteiger partial charge in [-0.25, -0.2) is 0 Å². The maximum Gasteiger partial charge on any atom is 0.387 e. The van der Waals surface area contributed by atoms with Crippen LogP contribution in [0.15, 0.2) is 24.3 Å². The Morgan fingerprint density at radius 2 is 2.00 bits per heavy atom. The average Bonchev–Trinajstić information content (AvgIpc) is 2.97. The van der Waals surface area contributed by atoms with Crippen LogP contribution < -0.4 is 10.5 Å². The van der Waals surface area contributed by atoms with Crippen molar-refractivity contribution in [2.45, 2.75) is 19.0 Å². The van der Waals surface area contributed by atoms with Gasteiger partial charge in [0.25, 0.3) is 0 Å². The van der Waals surface area contributed by atoms with Crippen molar-refractivity contribution >= 4 is 0 Å². The molecule has 0 spiro atoms. The van der Waals surface area contributed by atoms with Gasteiger partial charge in [0.05, 0.1) is 0 Å². The van der Waals surface area contributed by atoms with Crippen molar-refractivity contribution in [2.75, 3.05) is 6.54 Å². The quantitative estimate of drug-likeness (QED) is 0.833. The van der Waals surface area contributed by atoms with Gasteiger partial charge in [-0.3, -0.25) is 0 Å². The lowest BCUT2D eigenvalue weighted by molar-refractivity contribution is -0.0498. The first-order chi connectivity index (χ1) is 7.20. The Labute approximate surface area is 87.0 Å². The predicted octanol–water partition coefficient (Wildman–Crippen LogP) is 2.35. The lowest BCUT2D eigenvalue weighted by Gasteiger charge is -2.05. The molecule has 2 N–H and O–H groups in total. The topological polar surface area (TPSA) is 35.2 Å². The van der Waals surface area contributed by atoms with Crippen molar-refractivity contribution in [3.63, 3.8) is 0 Å². The molecule has 0 heterocycles. The van der Waals surface area contributed by atoms with Crippen molar-refractivity contribution in [3.05, 3.63) is 29.8 Å². The van der Waals surface area contributed by atoms with Crippen molar-refractivity contribution in [2.24, 2.45) is 11.7 Å². The van der Waals surface area contributed by atoms with Crippen LogP contribution in [-0.2, 0) is 0 Å². The molecule has 1 saturated carbocycles. The van der Waals surface area contributed by atoms with Crippen molar-refractivity contribution in [1.29, 1.82) is 0 Å². The second-order valence-corrected chi connectivity index (χ2v) is 3.79. The maximum absolute atomic E-state index is 11.9. The lowest BCUT2D eigenvalue weighted by atomic mass is 10.1. The highest BCUT2D eigenvalue weighted by molar-refractivity contribution is 5.32. The summed E-state index contributed by atoms with van der Waals surface area (Å²) in [4.78, 5) is 0. The molecule has 0 amide bonds. The number of benzene rings is 1. The van der Waals surface area contributed by atoms with E-state index in [-0.39, 0.29) is 5.75 Å². The van der Waals surface area contributed by atoms with Crippen LogP contribution in [0.2, 0.25) is 0 Å². The molecule has 0 aliphatic heterocycles. The van der Waals surface area contributed by atoms with E-state index in [2.05, 4.69) is 4.74 Å². The van der Waals surface area contributed by atoms with E-state index in [0.717, 1.165) is 12.0 Å². The highest BCUT2D eigenvalue weighted by Gasteiger charge is 2.36. The third-order valence-electron chi connectivity index (χ3n) is 2.76. The van der Waals surface area contributed by atoms with Gasteiger partial charge in [-0.05, 0) is 42.5 Å². The van der Waals surface area contributed by atoms with E-state index in [1.165, 1.54) is 0 Å². The van der Waals surface area contributed by atoms with Crippen LogP contribution >= 0.6 is 0 Å². The first-order valence-electron chi connectivity index (χ1n) is 4.95. The number of alkyl halides is 2. The van der Waals surface area contributed by atoms with Gasteiger partial charge in [0.1, 0.15) is 5.75 Å². The molecule has 1 aliphatic rings. The predicted molar refractivity (Wildman–Crippen MR) is 53.0 cm³/mol. The molecule has 1 aliphatic carbocycles. The van der Waals surface area contributed by atoms with Gasteiger partial charge in [0.15, 0.2) is 0 Å². The third-order valence-corrected chi connectivity index (χ3v) is 2.76. The van der Waals surface area contributed by atoms with Crippen LogP contribution in [0.25, 0.3) is 0 Å². The van der Waals surface area contributed by atoms with E-state index in [4.69, 9.17) is 5.73 Å². The Balaban J connectivity index is 1.99. The van der Waals surface area contributed by atoms with E-state index >= 15 is 0 Å². The van der Waals surface area contributed by atoms with Gasteiger partial charge in [0.2, 0.25) is 0 Å². The molecule has 0 aromatic heterocycles. The minimum Gasteiger partial charge on any atom is -0.435 e. The fourth-order valence-electron chi connectivity index (χ4n) is 1.81. The van der Waals surface area contributed by atoms with E-state index in [9.17, 15) is 8.78 Å². The second-order valence-electron chi connectivity index (χ2n) is 3.79. The molecule has 2 rings (SSSR count). The third kappa shape index (κ3) is 2.45. The average molecular weight is 213 g/mol. The van der Waals surface area contributed by atoms with E-state index in [0.29, 0.717) is 18.4 Å². The Morgan fingerprint density at radius 1 is 1.33 bits per heavy atom. The fourth-order valence-corrected chi connectivity index (χ4v) is 1.81. The standard InChI is InChI=1S/C11H13F2NO/c12-11(13)15-9-3-1-7(2-4-9)10-5-8(10)6-14/h1-4,8,10-11H,5-6,14H2/t8-,10-/m0/s1. The number of nitrogens with two attached hydrogens (primary N) is 1. The number of hydrogen-bond donors (Lipinski definition) is 1. The highest BCUT2D eigenvalue weighted by Crippen LogP contribution is 2.46. The summed E-state index contributed by atoms with van der Waals surface area (Å²) in [6, 6.07) is 6.82. The van der Waals surface area contributed by atoms with Gasteiger partial charge in [-0.2, -0.15) is 8.78 Å². The number of halogens is 2. The van der Waals surface area contributed by atoms with E-state index in [1.54, 1.807) is 12.1 Å². The minimum atomic E-state index is -2.76. The molecule has 1 aromatic rings. The van der Waals surface area contributed by atoms with Gasteiger partial charge < -0.3 is 10.5 Å². The summed E-state index contributed by atoms with van der Waals surface area (Å²) < 4.78 is 28.0. The van der Waals surface area contributed by atoms with Gasteiger partial charge in [-0.15, -0.1) is 0 Å². The van der Waals surface area contributed by atoms with Gasteiger partial charge >= 0.3 is 6.61 Å². The van der Waals surface area contributed by atoms with Crippen LogP contribution in [0.5, 0.6) is 5.75 Å². The lowest BCUT2D eigenvalue weighted by Crippen LogP contribution is -2.03. The van der Waals surface area contributed by atoms with Crippen LogP contribution in [0.1, 0.15) is 17.9 Å². The Morgan fingerprint density at radius 3 is 2.47 bits per heavy atom. The fraction of sp³-hybridized carbons (Fsp3) is 0.455. The molecule has 2 atom stereocenters. The molecule has 0 unspecified atom stereocenters. The molecule has 2 nitrogen and oxygen atoms in total. The monoisotopic (exact) mass is 213 g/mol.